The van der Waals surface area contributed by atoms with Crippen LogP contribution in [-0.2, 0) is 6.54 Å². The lowest BCUT2D eigenvalue weighted by Gasteiger charge is -2.33. The predicted molar refractivity (Wildman–Crippen MR) is 62.9 cm³/mol. The van der Waals surface area contributed by atoms with E-state index >= 15 is 0 Å². The highest BCUT2D eigenvalue weighted by Crippen LogP contribution is 2.22. The predicted octanol–water partition coefficient (Wildman–Crippen LogP) is 2.67. The molecule has 1 aliphatic heterocycles. The lowest BCUT2D eigenvalue weighted by molar-refractivity contribution is 0.189. The molecule has 0 spiro atoms. The van der Waals surface area contributed by atoms with E-state index < -0.39 is 0 Å². The molecule has 1 fully saturated rings. The Morgan fingerprint density at radius 3 is 3.06 bits per heavy atom. The monoisotopic (exact) mass is 242 g/mol. The molecule has 16 heavy (non-hydrogen) atoms. The normalized spacial score (nSPS) is 26.9. The molecule has 1 aromatic rings. The van der Waals surface area contributed by atoms with E-state index in [9.17, 15) is 4.39 Å². The molecule has 0 saturated carbocycles. The average molecular weight is 243 g/mol. The van der Waals surface area contributed by atoms with Crippen molar-refractivity contribution in [1.82, 2.24) is 9.88 Å². The van der Waals surface area contributed by atoms with Gasteiger partial charge in [0.15, 0.2) is 0 Å². The Morgan fingerprint density at radius 2 is 2.38 bits per heavy atom. The molecule has 0 aliphatic carbocycles. The van der Waals surface area contributed by atoms with Gasteiger partial charge in [0.25, 0.3) is 0 Å². The minimum atomic E-state index is -0.273. The Morgan fingerprint density at radius 1 is 1.56 bits per heavy atom. The molecule has 1 aromatic heterocycles. The lowest BCUT2D eigenvalue weighted by atomic mass is 9.98. The van der Waals surface area contributed by atoms with Gasteiger partial charge in [-0.2, -0.15) is 0 Å². The van der Waals surface area contributed by atoms with Crippen molar-refractivity contribution in [3.8, 4) is 0 Å². The molecule has 1 saturated heterocycles. The molecule has 0 amide bonds. The van der Waals surface area contributed by atoms with Crippen LogP contribution in [0.2, 0.25) is 0 Å². The maximum Gasteiger partial charge on any atom is 0.141 e. The van der Waals surface area contributed by atoms with Crippen LogP contribution in [-0.4, -0.2) is 28.4 Å². The van der Waals surface area contributed by atoms with Crippen molar-refractivity contribution in [2.45, 2.75) is 25.3 Å². The molecule has 2 rings (SSSR count). The molecule has 2 nitrogen and oxygen atoms in total. The van der Waals surface area contributed by atoms with Crippen molar-refractivity contribution in [2.24, 2.45) is 5.92 Å². The van der Waals surface area contributed by atoms with E-state index in [0.717, 1.165) is 31.6 Å². The summed E-state index contributed by atoms with van der Waals surface area (Å²) in [4.78, 5) is 6.11. The number of rotatable bonds is 2. The number of pyridine rings is 1. The Bertz CT molecular complexity index is 359. The van der Waals surface area contributed by atoms with Crippen LogP contribution in [0, 0.1) is 11.7 Å². The molecule has 0 bridgehead atoms. The molecule has 2 atom stereocenters. The first-order chi connectivity index (χ1) is 7.65. The van der Waals surface area contributed by atoms with Crippen molar-refractivity contribution in [3.63, 3.8) is 0 Å². The van der Waals surface area contributed by atoms with Gasteiger partial charge in [0, 0.05) is 24.7 Å². The topological polar surface area (TPSA) is 16.1 Å². The molecule has 2 unspecified atom stereocenters. The van der Waals surface area contributed by atoms with Crippen LogP contribution in [0.4, 0.5) is 4.39 Å². The van der Waals surface area contributed by atoms with Crippen molar-refractivity contribution in [3.05, 3.63) is 29.8 Å². The van der Waals surface area contributed by atoms with Gasteiger partial charge in [-0.15, -0.1) is 11.6 Å². The van der Waals surface area contributed by atoms with Crippen LogP contribution in [0.3, 0.4) is 0 Å². The molecule has 0 N–H and O–H groups in total. The summed E-state index contributed by atoms with van der Waals surface area (Å²) in [7, 11) is 0. The van der Waals surface area contributed by atoms with Crippen molar-refractivity contribution >= 4 is 11.6 Å². The van der Waals surface area contributed by atoms with Crippen LogP contribution in [0.5, 0.6) is 0 Å². The number of aromatic nitrogens is 1. The molecule has 4 heteroatoms. The minimum Gasteiger partial charge on any atom is -0.298 e. The zero-order valence-corrected chi connectivity index (χ0v) is 10.1. The highest BCUT2D eigenvalue weighted by molar-refractivity contribution is 6.21. The molecule has 1 aliphatic rings. The second-order valence-electron chi connectivity index (χ2n) is 4.53. The van der Waals surface area contributed by atoms with Crippen molar-refractivity contribution in [1.29, 1.82) is 0 Å². The summed E-state index contributed by atoms with van der Waals surface area (Å²) >= 11 is 6.23. The van der Waals surface area contributed by atoms with Crippen molar-refractivity contribution in [2.75, 3.05) is 13.1 Å². The van der Waals surface area contributed by atoms with Gasteiger partial charge in [0.05, 0.1) is 6.20 Å². The summed E-state index contributed by atoms with van der Waals surface area (Å²) in [6, 6.07) is 1.54. The molecular weight excluding hydrogens is 227 g/mol. The summed E-state index contributed by atoms with van der Waals surface area (Å²) in [6.07, 6.45) is 4.05. The van der Waals surface area contributed by atoms with Crippen LogP contribution < -0.4 is 0 Å². The third-order valence-electron chi connectivity index (χ3n) is 3.12. The fourth-order valence-corrected chi connectivity index (χ4v) is 2.35. The maximum absolute atomic E-state index is 13.0. The smallest absolute Gasteiger partial charge is 0.141 e. The first-order valence-electron chi connectivity index (χ1n) is 5.61. The third kappa shape index (κ3) is 2.92. The Kier molecular flexibility index (Phi) is 3.77. The van der Waals surface area contributed by atoms with Crippen LogP contribution in [0.25, 0.3) is 0 Å². The first-order valence-corrected chi connectivity index (χ1v) is 6.04. The van der Waals surface area contributed by atoms with Gasteiger partial charge in [0.2, 0.25) is 0 Å². The number of alkyl halides is 1. The number of likely N-dealkylation sites (tertiary alicyclic amines) is 1. The van der Waals surface area contributed by atoms with E-state index in [0.29, 0.717) is 5.92 Å². The number of halogens is 2. The van der Waals surface area contributed by atoms with Crippen LogP contribution in [0.15, 0.2) is 18.5 Å². The number of hydrogen-bond donors (Lipinski definition) is 0. The van der Waals surface area contributed by atoms with E-state index in [-0.39, 0.29) is 11.2 Å². The second kappa shape index (κ2) is 5.11. The molecule has 0 radical (unpaired) electrons. The van der Waals surface area contributed by atoms with Gasteiger partial charge in [-0.1, -0.05) is 6.92 Å². The van der Waals surface area contributed by atoms with E-state index in [4.69, 9.17) is 11.6 Å². The molecule has 0 aromatic carbocycles. The summed E-state index contributed by atoms with van der Waals surface area (Å²) in [5, 5.41) is 0.204. The third-order valence-corrected chi connectivity index (χ3v) is 3.69. The van der Waals surface area contributed by atoms with Gasteiger partial charge >= 0.3 is 0 Å². The van der Waals surface area contributed by atoms with Crippen molar-refractivity contribution < 1.29 is 4.39 Å². The van der Waals surface area contributed by atoms with E-state index in [2.05, 4.69) is 16.8 Å². The van der Waals surface area contributed by atoms with Gasteiger partial charge in [0.1, 0.15) is 5.82 Å². The average Bonchev–Trinajstić information content (AvgIpc) is 2.24. The quantitative estimate of drug-likeness (QED) is 0.742. The standard InChI is InChI=1S/C12H16ClFN2/c1-9-2-3-16(8-12(9)13)7-10-4-11(14)6-15-5-10/h4-6,9,12H,2-3,7-8H2,1H3. The van der Waals surface area contributed by atoms with Crippen LogP contribution >= 0.6 is 11.6 Å². The van der Waals surface area contributed by atoms with Crippen LogP contribution in [0.1, 0.15) is 18.9 Å². The molecule has 2 heterocycles. The fraction of sp³-hybridized carbons (Fsp3) is 0.583. The summed E-state index contributed by atoms with van der Waals surface area (Å²) in [5.41, 5.74) is 0.915. The van der Waals surface area contributed by atoms with Gasteiger partial charge in [-0.05, 0) is 30.5 Å². The lowest BCUT2D eigenvalue weighted by Crippen LogP contribution is -2.39. The summed E-state index contributed by atoms with van der Waals surface area (Å²) in [5.74, 6) is 0.300. The SMILES string of the molecule is CC1CCN(Cc2cncc(F)c2)CC1Cl. The number of piperidine rings is 1. The van der Waals surface area contributed by atoms with E-state index in [1.165, 1.54) is 12.3 Å². The maximum atomic E-state index is 13.0. The summed E-state index contributed by atoms with van der Waals surface area (Å²) < 4.78 is 13.0. The second-order valence-corrected chi connectivity index (χ2v) is 5.09. The highest BCUT2D eigenvalue weighted by atomic mass is 35.5. The van der Waals surface area contributed by atoms with Gasteiger partial charge < -0.3 is 0 Å². The van der Waals surface area contributed by atoms with Gasteiger partial charge in [-0.3, -0.25) is 9.88 Å². The molecule has 88 valence electrons. The van der Waals surface area contributed by atoms with E-state index in [1.807, 2.05) is 0 Å². The molecular formula is C12H16ClFN2. The fourth-order valence-electron chi connectivity index (χ4n) is 2.03. The Hall–Kier alpha value is -0.670. The zero-order valence-electron chi connectivity index (χ0n) is 9.37. The number of nitrogens with zero attached hydrogens (tertiary/aromatic N) is 2. The number of hydrogen-bond acceptors (Lipinski definition) is 2. The first kappa shape index (κ1) is 11.8. The largest absolute Gasteiger partial charge is 0.298 e. The van der Waals surface area contributed by atoms with E-state index in [1.54, 1.807) is 6.20 Å². The minimum absolute atomic E-state index is 0.204. The Balaban J connectivity index is 1.95. The zero-order chi connectivity index (χ0) is 11.5. The van der Waals surface area contributed by atoms with Gasteiger partial charge in [-0.25, -0.2) is 4.39 Å². The Labute approximate surface area is 100 Å². The summed E-state index contributed by atoms with van der Waals surface area (Å²) in [6.45, 7) is 4.82. The highest BCUT2D eigenvalue weighted by Gasteiger charge is 2.24.